The molecule has 0 saturated carbocycles. The summed E-state index contributed by atoms with van der Waals surface area (Å²) < 4.78 is 0. The van der Waals surface area contributed by atoms with Gasteiger partial charge in [-0.2, -0.15) is 0 Å². The lowest BCUT2D eigenvalue weighted by Crippen LogP contribution is -2.26. The number of hydrogen-bond donors (Lipinski definition) is 1. The Hall–Kier alpha value is -1.16. The molecule has 16 heavy (non-hydrogen) atoms. The number of pyridine rings is 1. The Bertz CT molecular complexity index is 346. The summed E-state index contributed by atoms with van der Waals surface area (Å²) in [6, 6.07) is 5.81. The van der Waals surface area contributed by atoms with Crippen LogP contribution in [-0.4, -0.2) is 23.1 Å². The number of aromatic nitrogens is 1. The van der Waals surface area contributed by atoms with E-state index in [0.29, 0.717) is 10.7 Å². The minimum atomic E-state index is 0.356. The summed E-state index contributed by atoms with van der Waals surface area (Å²) in [6.45, 7) is 6.36. The highest BCUT2D eigenvalue weighted by atomic mass is 32.1. The van der Waals surface area contributed by atoms with Crippen molar-refractivity contribution in [3.63, 3.8) is 0 Å². The summed E-state index contributed by atoms with van der Waals surface area (Å²) in [5.74, 6) is 0.967. The number of rotatable bonds is 6. The van der Waals surface area contributed by atoms with Crippen LogP contribution >= 0.6 is 12.2 Å². The molecule has 0 atom stereocenters. The van der Waals surface area contributed by atoms with E-state index < -0.39 is 0 Å². The average Bonchev–Trinajstić information content (AvgIpc) is 2.29. The second kappa shape index (κ2) is 6.43. The van der Waals surface area contributed by atoms with E-state index in [9.17, 15) is 0 Å². The molecule has 1 aromatic rings. The van der Waals surface area contributed by atoms with Crippen LogP contribution in [0.3, 0.4) is 0 Å². The number of hydrogen-bond acceptors (Lipinski definition) is 3. The lowest BCUT2D eigenvalue weighted by Gasteiger charge is -2.22. The first-order valence-electron chi connectivity index (χ1n) is 5.70. The van der Waals surface area contributed by atoms with Crippen LogP contribution in [0.15, 0.2) is 18.2 Å². The van der Waals surface area contributed by atoms with Gasteiger partial charge in [0.15, 0.2) is 0 Å². The predicted octanol–water partition coefficient (Wildman–Crippen LogP) is 2.34. The fraction of sp³-hybridized carbons (Fsp3) is 0.500. The number of anilines is 1. The largest absolute Gasteiger partial charge is 0.388 e. The third-order valence-corrected chi connectivity index (χ3v) is 2.51. The van der Waals surface area contributed by atoms with Gasteiger partial charge in [0.05, 0.1) is 5.69 Å². The predicted molar refractivity (Wildman–Crippen MR) is 72.9 cm³/mol. The molecule has 88 valence electrons. The first kappa shape index (κ1) is 12.9. The number of nitrogens with zero attached hydrogens (tertiary/aromatic N) is 2. The molecule has 0 unspecified atom stereocenters. The molecular weight excluding hydrogens is 218 g/mol. The fourth-order valence-corrected chi connectivity index (χ4v) is 1.73. The molecule has 2 N–H and O–H groups in total. The molecule has 0 bridgehead atoms. The van der Waals surface area contributed by atoms with Crippen LogP contribution in [0.2, 0.25) is 0 Å². The summed E-state index contributed by atoms with van der Waals surface area (Å²) >= 11 is 4.93. The molecule has 1 heterocycles. The third-order valence-electron chi connectivity index (χ3n) is 2.30. The second-order valence-electron chi connectivity index (χ2n) is 3.73. The molecule has 0 amide bonds. The third kappa shape index (κ3) is 3.45. The Kier molecular flexibility index (Phi) is 5.19. The van der Waals surface area contributed by atoms with E-state index in [2.05, 4.69) is 23.7 Å². The summed E-state index contributed by atoms with van der Waals surface area (Å²) in [4.78, 5) is 7.09. The van der Waals surface area contributed by atoms with Crippen molar-refractivity contribution in [1.29, 1.82) is 0 Å². The van der Waals surface area contributed by atoms with Gasteiger partial charge in [-0.25, -0.2) is 4.98 Å². The smallest absolute Gasteiger partial charge is 0.129 e. The lowest BCUT2D eigenvalue weighted by atomic mass is 10.3. The molecular formula is C12H19N3S. The van der Waals surface area contributed by atoms with Gasteiger partial charge < -0.3 is 10.6 Å². The van der Waals surface area contributed by atoms with Gasteiger partial charge in [-0.3, -0.25) is 0 Å². The average molecular weight is 237 g/mol. The maximum absolute atomic E-state index is 5.58. The minimum Gasteiger partial charge on any atom is -0.388 e. The molecule has 0 aliphatic heterocycles. The van der Waals surface area contributed by atoms with Crippen LogP contribution in [0.5, 0.6) is 0 Å². The van der Waals surface area contributed by atoms with Gasteiger partial charge in [0.2, 0.25) is 0 Å². The van der Waals surface area contributed by atoms with E-state index in [1.54, 1.807) is 0 Å². The Labute approximate surface area is 103 Å². The number of thiocarbonyl (C=S) groups is 1. The monoisotopic (exact) mass is 237 g/mol. The normalized spacial score (nSPS) is 10.1. The van der Waals surface area contributed by atoms with E-state index >= 15 is 0 Å². The first-order valence-corrected chi connectivity index (χ1v) is 6.11. The van der Waals surface area contributed by atoms with E-state index in [-0.39, 0.29) is 0 Å². The molecule has 0 aliphatic rings. The highest BCUT2D eigenvalue weighted by Crippen LogP contribution is 2.12. The van der Waals surface area contributed by atoms with Crippen molar-refractivity contribution in [3.8, 4) is 0 Å². The topological polar surface area (TPSA) is 42.1 Å². The van der Waals surface area contributed by atoms with Crippen LogP contribution in [0, 0.1) is 0 Å². The Balaban J connectivity index is 2.90. The second-order valence-corrected chi connectivity index (χ2v) is 4.17. The van der Waals surface area contributed by atoms with Gasteiger partial charge in [0.1, 0.15) is 10.8 Å². The Morgan fingerprint density at radius 3 is 2.44 bits per heavy atom. The standard InChI is InChI=1S/C12H19N3S/c1-3-8-15(9-4-2)11-7-5-6-10(14-11)12(13)16/h5-7H,3-4,8-9H2,1-2H3,(H2,13,16). The van der Waals surface area contributed by atoms with E-state index in [0.717, 1.165) is 31.7 Å². The van der Waals surface area contributed by atoms with Crippen molar-refractivity contribution < 1.29 is 0 Å². The van der Waals surface area contributed by atoms with Crippen molar-refractivity contribution in [3.05, 3.63) is 23.9 Å². The van der Waals surface area contributed by atoms with Crippen molar-refractivity contribution in [2.24, 2.45) is 5.73 Å². The van der Waals surface area contributed by atoms with Crippen LogP contribution in [0.4, 0.5) is 5.82 Å². The van der Waals surface area contributed by atoms with Crippen molar-refractivity contribution in [2.75, 3.05) is 18.0 Å². The molecule has 0 aliphatic carbocycles. The first-order chi connectivity index (χ1) is 7.69. The maximum Gasteiger partial charge on any atom is 0.129 e. The zero-order valence-corrected chi connectivity index (χ0v) is 10.8. The zero-order chi connectivity index (χ0) is 12.0. The fourth-order valence-electron chi connectivity index (χ4n) is 1.62. The van der Waals surface area contributed by atoms with Gasteiger partial charge in [-0.1, -0.05) is 32.1 Å². The Morgan fingerprint density at radius 1 is 1.31 bits per heavy atom. The van der Waals surface area contributed by atoms with Crippen molar-refractivity contribution in [2.45, 2.75) is 26.7 Å². The van der Waals surface area contributed by atoms with Crippen molar-refractivity contribution in [1.82, 2.24) is 4.98 Å². The van der Waals surface area contributed by atoms with E-state index in [1.807, 2.05) is 18.2 Å². The lowest BCUT2D eigenvalue weighted by molar-refractivity contribution is 0.734. The van der Waals surface area contributed by atoms with E-state index in [4.69, 9.17) is 18.0 Å². The Morgan fingerprint density at radius 2 is 1.94 bits per heavy atom. The summed E-state index contributed by atoms with van der Waals surface area (Å²) in [7, 11) is 0. The van der Waals surface area contributed by atoms with Gasteiger partial charge in [0.25, 0.3) is 0 Å². The summed E-state index contributed by atoms with van der Waals surface area (Å²) in [5, 5.41) is 0. The van der Waals surface area contributed by atoms with Crippen LogP contribution < -0.4 is 10.6 Å². The SMILES string of the molecule is CCCN(CCC)c1cccc(C(N)=S)n1. The highest BCUT2D eigenvalue weighted by Gasteiger charge is 2.07. The molecule has 1 rings (SSSR count). The molecule has 0 fully saturated rings. The zero-order valence-electron chi connectivity index (χ0n) is 9.94. The van der Waals surface area contributed by atoms with Crippen molar-refractivity contribution >= 4 is 23.0 Å². The van der Waals surface area contributed by atoms with Gasteiger partial charge in [-0.15, -0.1) is 0 Å². The minimum absolute atomic E-state index is 0.356. The molecule has 0 aromatic carbocycles. The van der Waals surface area contributed by atoms with Gasteiger partial charge in [-0.05, 0) is 25.0 Å². The molecule has 0 saturated heterocycles. The van der Waals surface area contributed by atoms with E-state index in [1.165, 1.54) is 0 Å². The summed E-state index contributed by atoms with van der Waals surface area (Å²) in [5.41, 5.74) is 6.28. The van der Waals surface area contributed by atoms with Gasteiger partial charge >= 0.3 is 0 Å². The molecule has 4 heteroatoms. The van der Waals surface area contributed by atoms with Gasteiger partial charge in [0, 0.05) is 13.1 Å². The maximum atomic E-state index is 5.58. The summed E-state index contributed by atoms with van der Waals surface area (Å²) in [6.07, 6.45) is 2.22. The molecule has 1 aromatic heterocycles. The number of nitrogens with two attached hydrogens (primary N) is 1. The van der Waals surface area contributed by atoms with Crippen LogP contribution in [0.25, 0.3) is 0 Å². The quantitative estimate of drug-likeness (QED) is 0.771. The van der Waals surface area contributed by atoms with Crippen LogP contribution in [-0.2, 0) is 0 Å². The molecule has 3 nitrogen and oxygen atoms in total. The van der Waals surface area contributed by atoms with Crippen LogP contribution in [0.1, 0.15) is 32.4 Å². The highest BCUT2D eigenvalue weighted by molar-refractivity contribution is 7.80. The molecule has 0 radical (unpaired) electrons. The molecule has 0 spiro atoms.